The Balaban J connectivity index is 1.58. The van der Waals surface area contributed by atoms with Gasteiger partial charge in [-0.1, -0.05) is 23.7 Å². The third-order valence-corrected chi connectivity index (χ3v) is 6.89. The molecular formula is C26H26ClF2N3O4. The molecule has 0 saturated carbocycles. The van der Waals surface area contributed by atoms with Gasteiger partial charge in [-0.05, 0) is 37.6 Å². The number of alkyl halides is 1. The van der Waals surface area contributed by atoms with Gasteiger partial charge >= 0.3 is 0 Å². The molecule has 4 rings (SSSR count). The number of halogens is 3. The first-order valence-electron chi connectivity index (χ1n) is 11.5. The number of carbonyl (C=O) groups excluding carboxylic acids is 3. The van der Waals surface area contributed by atoms with Crippen LogP contribution in [0.4, 0.5) is 8.78 Å². The highest BCUT2D eigenvalue weighted by Gasteiger charge is 2.46. The van der Waals surface area contributed by atoms with Gasteiger partial charge in [0.1, 0.15) is 23.7 Å². The zero-order chi connectivity index (χ0) is 26.2. The van der Waals surface area contributed by atoms with E-state index in [9.17, 15) is 23.9 Å². The molecular weight excluding hydrogens is 492 g/mol. The van der Waals surface area contributed by atoms with Crippen molar-refractivity contribution >= 4 is 40.1 Å². The number of benzene rings is 1. The van der Waals surface area contributed by atoms with Gasteiger partial charge in [0, 0.05) is 42.1 Å². The van der Waals surface area contributed by atoms with Gasteiger partial charge in [-0.2, -0.15) is 0 Å². The molecule has 1 amide bonds. The summed E-state index contributed by atoms with van der Waals surface area (Å²) in [6.45, 7) is 1.68. The van der Waals surface area contributed by atoms with Crippen LogP contribution in [0.25, 0.3) is 11.0 Å². The smallest absolute Gasteiger partial charge is 0.243 e. The average molecular weight is 518 g/mol. The molecule has 2 aromatic heterocycles. The van der Waals surface area contributed by atoms with Crippen molar-refractivity contribution in [3.63, 3.8) is 0 Å². The molecule has 1 fully saturated rings. The molecule has 1 aliphatic rings. The molecule has 3 atom stereocenters. The summed E-state index contributed by atoms with van der Waals surface area (Å²) < 4.78 is 31.1. The van der Waals surface area contributed by atoms with Crippen LogP contribution in [-0.2, 0) is 16.1 Å². The number of ketones is 2. The molecule has 0 spiro atoms. The molecule has 190 valence electrons. The largest absolute Gasteiger partial charge is 0.396 e. The van der Waals surface area contributed by atoms with Crippen molar-refractivity contribution in [2.75, 3.05) is 13.2 Å². The van der Waals surface area contributed by atoms with E-state index in [1.54, 1.807) is 12.1 Å². The number of rotatable bonds is 8. The van der Waals surface area contributed by atoms with Crippen LogP contribution in [0.5, 0.6) is 0 Å². The molecule has 1 aromatic carbocycles. The lowest BCUT2D eigenvalue weighted by atomic mass is 9.90. The van der Waals surface area contributed by atoms with E-state index in [0.717, 1.165) is 0 Å². The van der Waals surface area contributed by atoms with E-state index >= 15 is 4.39 Å². The second kappa shape index (κ2) is 10.1. The Morgan fingerprint density at radius 3 is 2.72 bits per heavy atom. The Morgan fingerprint density at radius 2 is 2.03 bits per heavy atom. The molecule has 1 aliphatic heterocycles. The van der Waals surface area contributed by atoms with Crippen LogP contribution in [0.1, 0.15) is 48.5 Å². The number of pyridine rings is 1. The topological polar surface area (TPSA) is 92.5 Å². The lowest BCUT2D eigenvalue weighted by molar-refractivity contribution is -0.138. The first-order valence-corrected chi connectivity index (χ1v) is 11.9. The lowest BCUT2D eigenvalue weighted by Gasteiger charge is -2.25. The summed E-state index contributed by atoms with van der Waals surface area (Å²) in [4.78, 5) is 44.1. The van der Waals surface area contributed by atoms with E-state index < -0.39 is 41.7 Å². The monoisotopic (exact) mass is 517 g/mol. The summed E-state index contributed by atoms with van der Waals surface area (Å²) in [7, 11) is 0. The van der Waals surface area contributed by atoms with Gasteiger partial charge in [0.05, 0.1) is 24.2 Å². The number of aromatic nitrogens is 2. The summed E-state index contributed by atoms with van der Waals surface area (Å²) >= 11 is 5.85. The maximum Gasteiger partial charge on any atom is 0.243 e. The maximum atomic E-state index is 15.1. The molecule has 0 radical (unpaired) electrons. The fourth-order valence-electron chi connectivity index (χ4n) is 4.84. The number of Topliss-reactive ketones (excluding diaryl/α,β-unsaturated/α-hetero) is 2. The number of hydrogen-bond donors (Lipinski definition) is 1. The Labute approximate surface area is 211 Å². The van der Waals surface area contributed by atoms with Gasteiger partial charge in [0.15, 0.2) is 11.6 Å². The van der Waals surface area contributed by atoms with Crippen LogP contribution in [0.3, 0.4) is 0 Å². The van der Waals surface area contributed by atoms with Crippen LogP contribution in [0, 0.1) is 5.82 Å². The molecule has 0 aliphatic carbocycles. The second-order valence-corrected chi connectivity index (χ2v) is 9.86. The van der Waals surface area contributed by atoms with Crippen LogP contribution < -0.4 is 0 Å². The average Bonchev–Trinajstić information content (AvgIpc) is 3.37. The standard InChI is InChI=1S/C26H26ClF2N3O4/c1-15(34)19-11-31(25-18(19)6-4-8-30-25)12-23(36)32-14-26(2,29)10-21(32)22(35)9-16(13-33)17-5-3-7-20(27)24(17)28/h3-8,11,16,21,33H,9-10,12-14H2,1-2H3/t16-,21+,26-/m1/s1. The second-order valence-electron chi connectivity index (χ2n) is 9.45. The van der Waals surface area contributed by atoms with E-state index in [1.807, 2.05) is 0 Å². The quantitative estimate of drug-likeness (QED) is 0.454. The number of nitrogens with zero attached hydrogens (tertiary/aromatic N) is 3. The predicted molar refractivity (Wildman–Crippen MR) is 130 cm³/mol. The Bertz CT molecular complexity index is 1340. The first-order chi connectivity index (χ1) is 17.0. The van der Waals surface area contributed by atoms with Gasteiger partial charge in [-0.3, -0.25) is 14.4 Å². The summed E-state index contributed by atoms with van der Waals surface area (Å²) in [6, 6.07) is 6.65. The molecule has 1 N–H and O–H groups in total. The fourth-order valence-corrected chi connectivity index (χ4v) is 5.02. The van der Waals surface area contributed by atoms with Crippen LogP contribution in [0.2, 0.25) is 5.02 Å². The molecule has 36 heavy (non-hydrogen) atoms. The lowest BCUT2D eigenvalue weighted by Crippen LogP contribution is -2.43. The minimum Gasteiger partial charge on any atom is -0.396 e. The molecule has 0 unspecified atom stereocenters. The maximum absolute atomic E-state index is 15.1. The molecule has 1 saturated heterocycles. The minimum atomic E-state index is -1.80. The number of amides is 1. The van der Waals surface area contributed by atoms with E-state index in [-0.39, 0.29) is 42.3 Å². The van der Waals surface area contributed by atoms with Gasteiger partial charge in [-0.25, -0.2) is 13.8 Å². The van der Waals surface area contributed by atoms with Crippen molar-refractivity contribution in [2.45, 2.75) is 50.9 Å². The molecule has 3 aromatic rings. The van der Waals surface area contributed by atoms with Gasteiger partial charge < -0.3 is 14.6 Å². The normalized spacial score (nSPS) is 20.6. The highest BCUT2D eigenvalue weighted by Crippen LogP contribution is 2.34. The van der Waals surface area contributed by atoms with Crippen LogP contribution in [-0.4, -0.2) is 61.9 Å². The number of carbonyl (C=O) groups is 3. The zero-order valence-corrected chi connectivity index (χ0v) is 20.6. The predicted octanol–water partition coefficient (Wildman–Crippen LogP) is 4.10. The van der Waals surface area contributed by atoms with Crippen molar-refractivity contribution in [3.05, 3.63) is 64.7 Å². The third-order valence-electron chi connectivity index (χ3n) is 6.60. The highest BCUT2D eigenvalue weighted by atomic mass is 35.5. The minimum absolute atomic E-state index is 0.0823. The third kappa shape index (κ3) is 5.03. The highest BCUT2D eigenvalue weighted by molar-refractivity contribution is 6.30. The van der Waals surface area contributed by atoms with Crippen molar-refractivity contribution in [1.29, 1.82) is 0 Å². The Kier molecular flexibility index (Phi) is 7.24. The number of aliphatic hydroxyl groups is 1. The fraction of sp³-hybridized carbons (Fsp3) is 0.385. The Hall–Kier alpha value is -3.17. The summed E-state index contributed by atoms with van der Waals surface area (Å²) in [5.41, 5.74) is -0.880. The zero-order valence-electron chi connectivity index (χ0n) is 19.9. The molecule has 3 heterocycles. The molecule has 7 nitrogen and oxygen atoms in total. The van der Waals surface area contributed by atoms with Crippen molar-refractivity contribution < 1.29 is 28.3 Å². The van der Waals surface area contributed by atoms with E-state index in [2.05, 4.69) is 4.98 Å². The van der Waals surface area contributed by atoms with Crippen molar-refractivity contribution in [3.8, 4) is 0 Å². The van der Waals surface area contributed by atoms with Crippen LogP contribution in [0.15, 0.2) is 42.7 Å². The van der Waals surface area contributed by atoms with Crippen molar-refractivity contribution in [2.24, 2.45) is 0 Å². The van der Waals surface area contributed by atoms with Gasteiger partial charge in [0.2, 0.25) is 5.91 Å². The summed E-state index contributed by atoms with van der Waals surface area (Å²) in [6.07, 6.45) is 2.57. The van der Waals surface area contributed by atoms with E-state index in [4.69, 9.17) is 11.6 Å². The van der Waals surface area contributed by atoms with Gasteiger partial charge in [0.25, 0.3) is 0 Å². The molecule has 10 heteroatoms. The number of likely N-dealkylation sites (tertiary alicyclic amines) is 1. The van der Waals surface area contributed by atoms with Crippen molar-refractivity contribution in [1.82, 2.24) is 14.5 Å². The Morgan fingerprint density at radius 1 is 1.28 bits per heavy atom. The number of hydrogen-bond acceptors (Lipinski definition) is 5. The number of fused-ring (bicyclic) bond motifs is 1. The van der Waals surface area contributed by atoms with Crippen LogP contribution >= 0.6 is 11.6 Å². The van der Waals surface area contributed by atoms with E-state index in [1.165, 1.54) is 53.9 Å². The molecule has 0 bridgehead atoms. The number of aliphatic hydroxyl groups excluding tert-OH is 1. The summed E-state index contributed by atoms with van der Waals surface area (Å²) in [5, 5.41) is 10.3. The van der Waals surface area contributed by atoms with Gasteiger partial charge in [-0.15, -0.1) is 0 Å². The SMILES string of the molecule is CC(=O)c1cn(CC(=O)N2C[C@](C)(F)C[C@H]2C(=O)C[C@H](CO)c2cccc(Cl)c2F)c2ncccc12. The summed E-state index contributed by atoms with van der Waals surface area (Å²) in [5.74, 6) is -2.80. The van der Waals surface area contributed by atoms with E-state index in [0.29, 0.717) is 16.6 Å². The first kappa shape index (κ1) is 25.9.